The highest BCUT2D eigenvalue weighted by molar-refractivity contribution is 9.10. The number of para-hydroxylation sites is 1. The van der Waals surface area contributed by atoms with Crippen molar-refractivity contribution in [3.8, 4) is 11.5 Å². The molecular formula is C14H13BrN2O3. The van der Waals surface area contributed by atoms with E-state index in [9.17, 15) is 10.1 Å². The molecule has 0 unspecified atom stereocenters. The fourth-order valence-corrected chi connectivity index (χ4v) is 2.28. The van der Waals surface area contributed by atoms with Crippen LogP contribution in [0.4, 0.5) is 5.69 Å². The summed E-state index contributed by atoms with van der Waals surface area (Å²) >= 11 is 3.35. The first-order valence-corrected chi connectivity index (χ1v) is 6.72. The molecule has 0 saturated carbocycles. The monoisotopic (exact) mass is 336 g/mol. The number of nitrogens with two attached hydrogens (primary N) is 1. The normalized spacial score (nSPS) is 10.3. The molecule has 0 bridgehead atoms. The summed E-state index contributed by atoms with van der Waals surface area (Å²) in [6, 6.07) is 10.3. The average Bonchev–Trinajstić information content (AvgIpc) is 2.40. The summed E-state index contributed by atoms with van der Waals surface area (Å²) in [5.74, 6) is 0.733. The highest BCUT2D eigenvalue weighted by Crippen LogP contribution is 2.35. The summed E-state index contributed by atoms with van der Waals surface area (Å²) in [5.41, 5.74) is 6.96. The Morgan fingerprint density at radius 2 is 2.05 bits per heavy atom. The Kier molecular flexibility index (Phi) is 4.36. The van der Waals surface area contributed by atoms with E-state index in [-0.39, 0.29) is 18.0 Å². The number of hydrogen-bond acceptors (Lipinski definition) is 4. The van der Waals surface area contributed by atoms with E-state index in [4.69, 9.17) is 10.5 Å². The third-order valence-electron chi connectivity index (χ3n) is 2.85. The summed E-state index contributed by atoms with van der Waals surface area (Å²) in [7, 11) is 0. The molecular weight excluding hydrogens is 324 g/mol. The topological polar surface area (TPSA) is 78.4 Å². The van der Waals surface area contributed by atoms with Crippen LogP contribution in [-0.4, -0.2) is 4.92 Å². The molecule has 2 N–H and O–H groups in total. The molecule has 0 amide bonds. The molecule has 0 aliphatic rings. The maximum atomic E-state index is 11.1. The zero-order chi connectivity index (χ0) is 14.7. The highest BCUT2D eigenvalue weighted by Gasteiger charge is 2.19. The molecule has 0 radical (unpaired) electrons. The van der Waals surface area contributed by atoms with Gasteiger partial charge in [-0.2, -0.15) is 0 Å². The van der Waals surface area contributed by atoms with Crippen LogP contribution in [0.1, 0.15) is 11.1 Å². The standard InChI is InChI=1S/C14H13BrN2O3/c1-9-3-2-4-13(14(9)17(18)19)20-12-6-5-11(15)7-10(12)8-16/h2-7H,8,16H2,1H3. The van der Waals surface area contributed by atoms with Crippen LogP contribution in [0, 0.1) is 17.0 Å². The molecule has 0 saturated heterocycles. The van der Waals surface area contributed by atoms with Gasteiger partial charge in [0, 0.05) is 22.1 Å². The van der Waals surface area contributed by atoms with Gasteiger partial charge in [-0.05, 0) is 31.2 Å². The van der Waals surface area contributed by atoms with Crippen LogP contribution in [0.5, 0.6) is 11.5 Å². The molecule has 2 aromatic carbocycles. The van der Waals surface area contributed by atoms with Crippen LogP contribution in [0.15, 0.2) is 40.9 Å². The van der Waals surface area contributed by atoms with Crippen LogP contribution in [0.2, 0.25) is 0 Å². The van der Waals surface area contributed by atoms with E-state index in [1.807, 2.05) is 6.07 Å². The van der Waals surface area contributed by atoms with E-state index in [2.05, 4.69) is 15.9 Å². The van der Waals surface area contributed by atoms with E-state index < -0.39 is 4.92 Å². The SMILES string of the molecule is Cc1cccc(Oc2ccc(Br)cc2CN)c1[N+](=O)[O-]. The van der Waals surface area contributed by atoms with Gasteiger partial charge in [-0.3, -0.25) is 10.1 Å². The lowest BCUT2D eigenvalue weighted by Gasteiger charge is -2.11. The van der Waals surface area contributed by atoms with Crippen molar-refractivity contribution in [2.45, 2.75) is 13.5 Å². The lowest BCUT2D eigenvalue weighted by atomic mass is 10.1. The lowest BCUT2D eigenvalue weighted by Crippen LogP contribution is -2.01. The number of halogens is 1. The Morgan fingerprint density at radius 3 is 2.70 bits per heavy atom. The molecule has 6 heteroatoms. The molecule has 104 valence electrons. The number of nitro groups is 1. The molecule has 2 rings (SSSR count). The van der Waals surface area contributed by atoms with Crippen molar-refractivity contribution < 1.29 is 9.66 Å². The van der Waals surface area contributed by atoms with Gasteiger partial charge in [-0.25, -0.2) is 0 Å². The molecule has 0 aliphatic heterocycles. The summed E-state index contributed by atoms with van der Waals surface area (Å²) in [6.45, 7) is 1.96. The molecule has 0 aliphatic carbocycles. The Hall–Kier alpha value is -1.92. The molecule has 0 atom stereocenters. The lowest BCUT2D eigenvalue weighted by molar-refractivity contribution is -0.386. The van der Waals surface area contributed by atoms with Gasteiger partial charge in [-0.15, -0.1) is 0 Å². The van der Waals surface area contributed by atoms with Crippen LogP contribution >= 0.6 is 15.9 Å². The summed E-state index contributed by atoms with van der Waals surface area (Å²) < 4.78 is 6.56. The van der Waals surface area contributed by atoms with E-state index in [0.29, 0.717) is 11.3 Å². The predicted octanol–water partition coefficient (Wildman–Crippen LogP) is 3.92. The summed E-state index contributed by atoms with van der Waals surface area (Å²) in [5, 5.41) is 11.1. The van der Waals surface area contributed by atoms with Crippen molar-refractivity contribution in [1.29, 1.82) is 0 Å². The van der Waals surface area contributed by atoms with Crippen molar-refractivity contribution >= 4 is 21.6 Å². The number of ether oxygens (including phenoxy) is 1. The quantitative estimate of drug-likeness (QED) is 0.677. The van der Waals surface area contributed by atoms with Gasteiger partial charge in [-0.1, -0.05) is 28.1 Å². The Morgan fingerprint density at radius 1 is 1.30 bits per heavy atom. The summed E-state index contributed by atoms with van der Waals surface area (Å²) in [4.78, 5) is 10.7. The number of benzene rings is 2. The largest absolute Gasteiger partial charge is 0.450 e. The Balaban J connectivity index is 2.45. The minimum Gasteiger partial charge on any atom is -0.450 e. The molecule has 0 spiro atoms. The van der Waals surface area contributed by atoms with Crippen molar-refractivity contribution in [1.82, 2.24) is 0 Å². The third kappa shape index (κ3) is 2.97. The van der Waals surface area contributed by atoms with Gasteiger partial charge in [0.25, 0.3) is 0 Å². The fraction of sp³-hybridized carbons (Fsp3) is 0.143. The average molecular weight is 337 g/mol. The van der Waals surface area contributed by atoms with Gasteiger partial charge in [0.1, 0.15) is 5.75 Å². The van der Waals surface area contributed by atoms with E-state index in [1.54, 1.807) is 37.3 Å². The van der Waals surface area contributed by atoms with E-state index in [1.165, 1.54) is 0 Å². The van der Waals surface area contributed by atoms with Gasteiger partial charge in [0.2, 0.25) is 5.75 Å². The highest BCUT2D eigenvalue weighted by atomic mass is 79.9. The van der Waals surface area contributed by atoms with E-state index in [0.717, 1.165) is 10.0 Å². The molecule has 0 fully saturated rings. The number of nitrogens with zero attached hydrogens (tertiary/aromatic N) is 1. The number of aryl methyl sites for hydroxylation is 1. The zero-order valence-electron chi connectivity index (χ0n) is 10.8. The van der Waals surface area contributed by atoms with Gasteiger partial charge in [0.15, 0.2) is 0 Å². The molecule has 0 aromatic heterocycles. The smallest absolute Gasteiger partial charge is 0.314 e. The zero-order valence-corrected chi connectivity index (χ0v) is 12.4. The van der Waals surface area contributed by atoms with Gasteiger partial charge < -0.3 is 10.5 Å². The van der Waals surface area contributed by atoms with Crippen LogP contribution in [0.3, 0.4) is 0 Å². The number of rotatable bonds is 4. The Labute approximate surface area is 124 Å². The van der Waals surface area contributed by atoms with E-state index >= 15 is 0 Å². The maximum absolute atomic E-state index is 11.1. The summed E-state index contributed by atoms with van der Waals surface area (Å²) in [6.07, 6.45) is 0. The van der Waals surface area contributed by atoms with Crippen LogP contribution in [0.25, 0.3) is 0 Å². The van der Waals surface area contributed by atoms with Crippen molar-refractivity contribution in [3.63, 3.8) is 0 Å². The first kappa shape index (κ1) is 14.5. The third-order valence-corrected chi connectivity index (χ3v) is 3.34. The van der Waals surface area contributed by atoms with Crippen molar-refractivity contribution in [2.24, 2.45) is 5.73 Å². The van der Waals surface area contributed by atoms with Crippen LogP contribution in [-0.2, 0) is 6.54 Å². The minimum absolute atomic E-state index is 0.0293. The minimum atomic E-state index is -0.439. The first-order valence-electron chi connectivity index (χ1n) is 5.93. The number of hydrogen-bond donors (Lipinski definition) is 1. The molecule has 2 aromatic rings. The second kappa shape index (κ2) is 6.02. The molecule has 0 heterocycles. The van der Waals surface area contributed by atoms with Gasteiger partial charge >= 0.3 is 5.69 Å². The predicted molar refractivity (Wildman–Crippen MR) is 79.9 cm³/mol. The number of nitro benzene ring substituents is 1. The Bertz CT molecular complexity index is 659. The second-order valence-corrected chi connectivity index (χ2v) is 5.15. The first-order chi connectivity index (χ1) is 9.52. The van der Waals surface area contributed by atoms with Gasteiger partial charge in [0.05, 0.1) is 4.92 Å². The fourth-order valence-electron chi connectivity index (χ4n) is 1.87. The second-order valence-electron chi connectivity index (χ2n) is 4.24. The molecule has 5 nitrogen and oxygen atoms in total. The van der Waals surface area contributed by atoms with Crippen LogP contribution < -0.4 is 10.5 Å². The maximum Gasteiger partial charge on any atom is 0.314 e. The van der Waals surface area contributed by atoms with Crippen molar-refractivity contribution in [3.05, 3.63) is 62.1 Å². The van der Waals surface area contributed by atoms with Crippen molar-refractivity contribution in [2.75, 3.05) is 0 Å². The molecule has 20 heavy (non-hydrogen) atoms.